The monoisotopic (exact) mass is 729 g/mol. The van der Waals surface area contributed by atoms with E-state index in [2.05, 4.69) is 31.9 Å². The van der Waals surface area contributed by atoms with Gasteiger partial charge in [-0.05, 0) is 89.4 Å². The summed E-state index contributed by atoms with van der Waals surface area (Å²) in [7, 11) is 0. The molecule has 3 N–H and O–H groups in total. The fraction of sp³-hybridized carbons (Fsp3) is 0.417. The number of ether oxygens (including phenoxy) is 3. The summed E-state index contributed by atoms with van der Waals surface area (Å²) >= 11 is 9.80. The molecule has 3 atom stereocenters. The zero-order valence-electron chi connectivity index (χ0n) is 28.0. The maximum Gasteiger partial charge on any atom is 0.408 e. The molecule has 0 aromatic heterocycles. The molecule has 0 aliphatic heterocycles. The molecule has 0 fully saturated rings. The van der Waals surface area contributed by atoms with Crippen LogP contribution in [0.5, 0.6) is 5.75 Å². The summed E-state index contributed by atoms with van der Waals surface area (Å²) in [6.07, 6.45) is -0.249. The lowest BCUT2D eigenvalue weighted by Gasteiger charge is -2.29. The van der Waals surface area contributed by atoms with Gasteiger partial charge in [-0.1, -0.05) is 76.9 Å². The number of benzene rings is 3. The van der Waals surface area contributed by atoms with E-state index >= 15 is 0 Å². The number of carbonyl (C=O) groups is 3. The summed E-state index contributed by atoms with van der Waals surface area (Å²) in [5.41, 5.74) is 0.650. The van der Waals surface area contributed by atoms with Crippen LogP contribution in [0.4, 0.5) is 10.5 Å². The molecule has 0 aliphatic rings. The van der Waals surface area contributed by atoms with Gasteiger partial charge in [-0.15, -0.1) is 0 Å². The molecule has 11 heteroatoms. The average molecular weight is 731 g/mol. The van der Waals surface area contributed by atoms with Gasteiger partial charge in [0, 0.05) is 10.4 Å². The van der Waals surface area contributed by atoms with Crippen LogP contribution in [-0.4, -0.2) is 48.4 Å². The SMILES string of the molecule is CC[C@H](c1ccccc1)[C@H](NC(=O)C(NC(=O)OC(C)(C)C)c1ccc(OCCOC(C)(C)C)cc1)C(=O)Nc1ccc(Br)cc1Cl. The molecule has 0 spiro atoms. The maximum atomic E-state index is 14.1. The second-order valence-electron chi connectivity index (χ2n) is 13.0. The van der Waals surface area contributed by atoms with E-state index in [4.69, 9.17) is 25.8 Å². The van der Waals surface area contributed by atoms with E-state index in [0.717, 1.165) is 10.0 Å². The van der Waals surface area contributed by atoms with Gasteiger partial charge in [0.15, 0.2) is 0 Å². The van der Waals surface area contributed by atoms with Crippen molar-refractivity contribution in [2.24, 2.45) is 0 Å². The minimum Gasteiger partial charge on any atom is -0.491 e. The molecule has 3 aromatic rings. The van der Waals surface area contributed by atoms with Crippen LogP contribution in [0.2, 0.25) is 5.02 Å². The Morgan fingerprint density at radius 2 is 1.47 bits per heavy atom. The summed E-state index contributed by atoms with van der Waals surface area (Å²) in [6.45, 7) is 13.8. The van der Waals surface area contributed by atoms with Crippen molar-refractivity contribution in [3.63, 3.8) is 0 Å². The summed E-state index contributed by atoms with van der Waals surface area (Å²) in [6, 6.07) is 19.2. The molecule has 3 rings (SSSR count). The number of hydrogen-bond donors (Lipinski definition) is 3. The molecular weight excluding hydrogens is 686 g/mol. The summed E-state index contributed by atoms with van der Waals surface area (Å²) in [5.74, 6) is -0.890. The molecule has 1 unspecified atom stereocenters. The maximum absolute atomic E-state index is 14.1. The highest BCUT2D eigenvalue weighted by molar-refractivity contribution is 9.10. The first-order valence-corrected chi connectivity index (χ1v) is 16.7. The molecule has 0 saturated carbocycles. The quantitative estimate of drug-likeness (QED) is 0.153. The molecule has 3 aromatic carbocycles. The van der Waals surface area contributed by atoms with Crippen molar-refractivity contribution in [3.05, 3.63) is 93.4 Å². The van der Waals surface area contributed by atoms with Crippen molar-refractivity contribution >= 4 is 51.1 Å². The number of hydrogen-bond acceptors (Lipinski definition) is 6. The standard InChI is InChI=1S/C36H45BrClN3O6/c1-8-27(23-12-10-9-11-13-23)31(33(43)39-29-19-16-25(37)22-28(29)38)40-32(42)30(41-34(44)47-36(5,6)7)24-14-17-26(18-15-24)45-20-21-46-35(2,3)4/h9-19,22,27,30-31H,8,20-21H2,1-7H3,(H,39,43)(H,40,42)(H,41,44)/t27-,30?,31+/m1/s1. The third-order valence-electron chi connectivity index (χ3n) is 6.86. The van der Waals surface area contributed by atoms with Gasteiger partial charge in [-0.2, -0.15) is 0 Å². The molecule has 9 nitrogen and oxygen atoms in total. The molecule has 0 saturated heterocycles. The summed E-state index contributed by atoms with van der Waals surface area (Å²) in [5, 5.41) is 8.83. The number of anilines is 1. The lowest BCUT2D eigenvalue weighted by molar-refractivity contribution is -0.128. The van der Waals surface area contributed by atoms with Gasteiger partial charge < -0.3 is 30.2 Å². The topological polar surface area (TPSA) is 115 Å². The lowest BCUT2D eigenvalue weighted by Crippen LogP contribution is -2.51. The Morgan fingerprint density at radius 3 is 2.04 bits per heavy atom. The number of rotatable bonds is 13. The average Bonchev–Trinajstić information content (AvgIpc) is 2.99. The molecule has 0 bridgehead atoms. The van der Waals surface area contributed by atoms with Crippen LogP contribution in [0, 0.1) is 0 Å². The van der Waals surface area contributed by atoms with E-state index in [-0.39, 0.29) is 5.60 Å². The third-order valence-corrected chi connectivity index (χ3v) is 7.67. The second kappa shape index (κ2) is 17.0. The van der Waals surface area contributed by atoms with Crippen molar-refractivity contribution in [2.45, 2.75) is 84.1 Å². The summed E-state index contributed by atoms with van der Waals surface area (Å²) < 4.78 is 17.8. The van der Waals surface area contributed by atoms with Crippen molar-refractivity contribution in [1.29, 1.82) is 0 Å². The molecule has 254 valence electrons. The van der Waals surface area contributed by atoms with E-state index in [9.17, 15) is 14.4 Å². The summed E-state index contributed by atoms with van der Waals surface area (Å²) in [4.78, 5) is 41.0. The van der Waals surface area contributed by atoms with Crippen LogP contribution in [0.15, 0.2) is 77.3 Å². The number of amides is 3. The van der Waals surface area contributed by atoms with E-state index in [1.165, 1.54) is 0 Å². The second-order valence-corrected chi connectivity index (χ2v) is 14.3. The Bertz CT molecular complexity index is 1490. The molecule has 47 heavy (non-hydrogen) atoms. The first kappa shape index (κ1) is 37.9. The Balaban J connectivity index is 1.92. The van der Waals surface area contributed by atoms with Gasteiger partial charge in [-0.25, -0.2) is 4.79 Å². The largest absolute Gasteiger partial charge is 0.491 e. The van der Waals surface area contributed by atoms with Crippen molar-refractivity contribution < 1.29 is 28.6 Å². The van der Waals surface area contributed by atoms with Gasteiger partial charge in [0.05, 0.1) is 22.9 Å². The van der Waals surface area contributed by atoms with Crippen LogP contribution in [0.3, 0.4) is 0 Å². The Hall–Kier alpha value is -3.60. The van der Waals surface area contributed by atoms with Crippen LogP contribution in [0.1, 0.15) is 78.0 Å². The highest BCUT2D eigenvalue weighted by Crippen LogP contribution is 2.29. The van der Waals surface area contributed by atoms with Crippen LogP contribution in [-0.2, 0) is 19.1 Å². The van der Waals surface area contributed by atoms with E-state index < -0.39 is 41.5 Å². The van der Waals surface area contributed by atoms with Crippen molar-refractivity contribution in [2.75, 3.05) is 18.5 Å². The predicted molar refractivity (Wildman–Crippen MR) is 189 cm³/mol. The normalized spacial score (nSPS) is 13.6. The van der Waals surface area contributed by atoms with Gasteiger partial charge >= 0.3 is 6.09 Å². The molecule has 0 aliphatic carbocycles. The Morgan fingerprint density at radius 1 is 0.809 bits per heavy atom. The van der Waals surface area contributed by atoms with Gasteiger partial charge in [0.2, 0.25) is 11.8 Å². The van der Waals surface area contributed by atoms with Crippen molar-refractivity contribution in [1.82, 2.24) is 10.6 Å². The molecule has 0 heterocycles. The minimum absolute atomic E-state index is 0.280. The van der Waals surface area contributed by atoms with E-state index in [0.29, 0.717) is 41.7 Å². The molecule has 0 radical (unpaired) electrons. The number of halogens is 2. The zero-order chi connectivity index (χ0) is 34.8. The van der Waals surface area contributed by atoms with E-state index in [1.807, 2.05) is 58.0 Å². The highest BCUT2D eigenvalue weighted by atomic mass is 79.9. The van der Waals surface area contributed by atoms with Crippen LogP contribution >= 0.6 is 27.5 Å². The van der Waals surface area contributed by atoms with Crippen LogP contribution < -0.4 is 20.7 Å². The molecular formula is C36H45BrClN3O6. The Labute approximate surface area is 291 Å². The Kier molecular flexibility index (Phi) is 13.7. The number of carbonyl (C=O) groups excluding carboxylic acids is 3. The third kappa shape index (κ3) is 12.5. The van der Waals surface area contributed by atoms with Crippen LogP contribution in [0.25, 0.3) is 0 Å². The first-order chi connectivity index (χ1) is 22.1. The van der Waals surface area contributed by atoms with E-state index in [1.54, 1.807) is 63.2 Å². The first-order valence-electron chi connectivity index (χ1n) is 15.5. The fourth-order valence-electron chi connectivity index (χ4n) is 4.74. The predicted octanol–water partition coefficient (Wildman–Crippen LogP) is 8.18. The highest BCUT2D eigenvalue weighted by Gasteiger charge is 2.34. The van der Waals surface area contributed by atoms with Gasteiger partial charge in [0.1, 0.15) is 30.0 Å². The smallest absolute Gasteiger partial charge is 0.408 e. The number of nitrogens with one attached hydrogen (secondary N) is 3. The molecule has 3 amide bonds. The lowest BCUT2D eigenvalue weighted by atomic mass is 9.88. The van der Waals surface area contributed by atoms with Gasteiger partial charge in [0.25, 0.3) is 0 Å². The van der Waals surface area contributed by atoms with Crippen molar-refractivity contribution in [3.8, 4) is 5.75 Å². The van der Waals surface area contributed by atoms with Gasteiger partial charge in [-0.3, -0.25) is 9.59 Å². The number of alkyl carbamates (subject to hydrolysis) is 1. The zero-order valence-corrected chi connectivity index (χ0v) is 30.3. The minimum atomic E-state index is -1.19. The fourth-order valence-corrected chi connectivity index (χ4v) is 5.46.